The number of nitrogens with one attached hydrogen (secondary N) is 2. The van der Waals surface area contributed by atoms with Crippen molar-refractivity contribution >= 4 is 39.7 Å². The zero-order valence-corrected chi connectivity index (χ0v) is 15.1. The Kier molecular flexibility index (Phi) is 6.71. The van der Waals surface area contributed by atoms with Crippen LogP contribution in [-0.2, 0) is 9.59 Å². The van der Waals surface area contributed by atoms with E-state index < -0.39 is 5.91 Å². The number of hydrogen-bond acceptors (Lipinski definition) is 4. The van der Waals surface area contributed by atoms with Gasteiger partial charge in [-0.1, -0.05) is 28.1 Å². The van der Waals surface area contributed by atoms with Gasteiger partial charge in [-0.15, -0.1) is 0 Å². The Balaban J connectivity index is 1.79. The molecule has 2 aromatic rings. The Bertz CT molecular complexity index is 792. The summed E-state index contributed by atoms with van der Waals surface area (Å²) in [5, 5.41) is 5.19. The predicted octanol–water partition coefficient (Wildman–Crippen LogP) is 2.70. The van der Waals surface area contributed by atoms with Crippen LogP contribution < -0.4 is 15.4 Å². The summed E-state index contributed by atoms with van der Waals surface area (Å²) < 4.78 is 6.21. The fourth-order valence-electron chi connectivity index (χ4n) is 2.04. The Morgan fingerprint density at radius 1 is 1.16 bits per heavy atom. The molecule has 2 amide bonds. The van der Waals surface area contributed by atoms with E-state index in [1.807, 2.05) is 19.1 Å². The van der Waals surface area contributed by atoms with E-state index in [4.69, 9.17) is 4.74 Å². The summed E-state index contributed by atoms with van der Waals surface area (Å²) in [5.74, 6) is -0.474. The van der Waals surface area contributed by atoms with Gasteiger partial charge in [0.15, 0.2) is 12.9 Å². The highest BCUT2D eigenvalue weighted by Gasteiger charge is 2.09. The van der Waals surface area contributed by atoms with Crippen LogP contribution in [0.3, 0.4) is 0 Å². The van der Waals surface area contributed by atoms with Crippen molar-refractivity contribution in [3.63, 3.8) is 0 Å². The van der Waals surface area contributed by atoms with Gasteiger partial charge in [0.2, 0.25) is 5.91 Å². The SMILES string of the molecule is Cc1cc(Br)ccc1NC(=O)CNC(=O)COc1ccccc1C=O. The molecule has 0 atom stereocenters. The van der Waals surface area contributed by atoms with Gasteiger partial charge in [-0.3, -0.25) is 14.4 Å². The average Bonchev–Trinajstić information content (AvgIpc) is 2.60. The molecule has 0 bridgehead atoms. The molecular formula is C18H17BrN2O4. The monoisotopic (exact) mass is 404 g/mol. The lowest BCUT2D eigenvalue weighted by atomic mass is 10.2. The Labute approximate surface area is 153 Å². The molecule has 130 valence electrons. The highest BCUT2D eigenvalue weighted by atomic mass is 79.9. The number of carbonyl (C=O) groups excluding carboxylic acids is 3. The zero-order valence-electron chi connectivity index (χ0n) is 13.5. The number of amides is 2. The number of hydrogen-bond donors (Lipinski definition) is 2. The fourth-order valence-corrected chi connectivity index (χ4v) is 2.52. The Morgan fingerprint density at radius 3 is 2.64 bits per heavy atom. The quantitative estimate of drug-likeness (QED) is 0.694. The van der Waals surface area contributed by atoms with Crippen LogP contribution in [0.4, 0.5) is 5.69 Å². The van der Waals surface area contributed by atoms with Crippen molar-refractivity contribution in [3.8, 4) is 5.75 Å². The van der Waals surface area contributed by atoms with Crippen molar-refractivity contribution in [2.75, 3.05) is 18.5 Å². The second-order valence-corrected chi connectivity index (χ2v) is 6.14. The van der Waals surface area contributed by atoms with Crippen molar-refractivity contribution in [1.29, 1.82) is 0 Å². The number of ether oxygens (including phenoxy) is 1. The third kappa shape index (κ3) is 5.72. The van der Waals surface area contributed by atoms with Gasteiger partial charge >= 0.3 is 0 Å². The minimum absolute atomic E-state index is 0.174. The first kappa shape index (κ1) is 18.7. The molecule has 0 aliphatic carbocycles. The van der Waals surface area contributed by atoms with Gasteiger partial charge in [0.05, 0.1) is 12.1 Å². The van der Waals surface area contributed by atoms with Crippen molar-refractivity contribution in [2.45, 2.75) is 6.92 Å². The van der Waals surface area contributed by atoms with E-state index in [9.17, 15) is 14.4 Å². The molecule has 0 fully saturated rings. The summed E-state index contributed by atoms with van der Waals surface area (Å²) in [5.41, 5.74) is 1.94. The van der Waals surface area contributed by atoms with Crippen LogP contribution in [0.2, 0.25) is 0 Å². The van der Waals surface area contributed by atoms with Crippen molar-refractivity contribution in [1.82, 2.24) is 5.32 Å². The third-order valence-electron chi connectivity index (χ3n) is 3.31. The highest BCUT2D eigenvalue weighted by Crippen LogP contribution is 2.19. The molecular weight excluding hydrogens is 388 g/mol. The number of aryl methyl sites for hydroxylation is 1. The minimum atomic E-state index is -0.455. The van der Waals surface area contributed by atoms with E-state index in [2.05, 4.69) is 26.6 Å². The minimum Gasteiger partial charge on any atom is -0.483 e. The number of benzene rings is 2. The van der Waals surface area contributed by atoms with Crippen LogP contribution >= 0.6 is 15.9 Å². The Morgan fingerprint density at radius 2 is 1.92 bits per heavy atom. The van der Waals surface area contributed by atoms with E-state index in [1.54, 1.807) is 30.3 Å². The molecule has 0 radical (unpaired) electrons. The molecule has 0 aliphatic heterocycles. The van der Waals surface area contributed by atoms with E-state index in [0.717, 1.165) is 10.0 Å². The maximum Gasteiger partial charge on any atom is 0.258 e. The van der Waals surface area contributed by atoms with Crippen LogP contribution in [0.25, 0.3) is 0 Å². The van der Waals surface area contributed by atoms with Gasteiger partial charge in [0, 0.05) is 10.2 Å². The van der Waals surface area contributed by atoms with Gasteiger partial charge in [-0.05, 0) is 42.8 Å². The molecule has 2 rings (SSSR count). The van der Waals surface area contributed by atoms with E-state index in [1.165, 1.54) is 0 Å². The lowest BCUT2D eigenvalue weighted by molar-refractivity contribution is -0.125. The number of anilines is 1. The molecule has 0 unspecified atom stereocenters. The van der Waals surface area contributed by atoms with Crippen LogP contribution in [-0.4, -0.2) is 31.3 Å². The molecule has 0 saturated carbocycles. The first-order valence-corrected chi connectivity index (χ1v) is 8.28. The maximum absolute atomic E-state index is 11.9. The van der Waals surface area contributed by atoms with Crippen LogP contribution in [0.5, 0.6) is 5.75 Å². The second kappa shape index (κ2) is 8.98. The summed E-state index contributed by atoms with van der Waals surface area (Å²) in [6.45, 7) is 1.42. The summed E-state index contributed by atoms with van der Waals surface area (Å²) in [6, 6.07) is 12.1. The molecule has 0 saturated heterocycles. The standard InChI is InChI=1S/C18H17BrN2O4/c1-12-8-14(19)6-7-15(12)21-17(23)9-20-18(24)11-25-16-5-3-2-4-13(16)10-22/h2-8,10H,9,11H2,1H3,(H,20,24)(H,21,23). The fraction of sp³-hybridized carbons (Fsp3) is 0.167. The zero-order chi connectivity index (χ0) is 18.2. The molecule has 6 nitrogen and oxygen atoms in total. The van der Waals surface area contributed by atoms with Gasteiger partial charge in [0.25, 0.3) is 5.91 Å². The predicted molar refractivity (Wildman–Crippen MR) is 97.8 cm³/mol. The number of carbonyl (C=O) groups is 3. The normalized spacial score (nSPS) is 10.0. The van der Waals surface area contributed by atoms with Crippen molar-refractivity contribution in [3.05, 3.63) is 58.1 Å². The molecule has 2 aromatic carbocycles. The summed E-state index contributed by atoms with van der Waals surface area (Å²) in [4.78, 5) is 34.6. The van der Waals surface area contributed by atoms with Gasteiger partial charge in [0.1, 0.15) is 5.75 Å². The lowest BCUT2D eigenvalue weighted by Crippen LogP contribution is -2.35. The summed E-state index contributed by atoms with van der Waals surface area (Å²) in [7, 11) is 0. The third-order valence-corrected chi connectivity index (χ3v) is 3.81. The smallest absolute Gasteiger partial charge is 0.258 e. The first-order chi connectivity index (χ1) is 12.0. The lowest BCUT2D eigenvalue weighted by Gasteiger charge is -2.10. The average molecular weight is 405 g/mol. The molecule has 0 spiro atoms. The number of aldehydes is 1. The number of halogens is 1. The number of rotatable bonds is 7. The van der Waals surface area contributed by atoms with Crippen LogP contribution in [0, 0.1) is 6.92 Å². The summed E-state index contributed by atoms with van der Waals surface area (Å²) in [6.07, 6.45) is 0.654. The summed E-state index contributed by atoms with van der Waals surface area (Å²) >= 11 is 3.35. The van der Waals surface area contributed by atoms with Crippen LogP contribution in [0.1, 0.15) is 15.9 Å². The Hall–Kier alpha value is -2.67. The van der Waals surface area contributed by atoms with E-state index in [-0.39, 0.29) is 19.1 Å². The molecule has 0 aliphatic rings. The van der Waals surface area contributed by atoms with Crippen molar-refractivity contribution < 1.29 is 19.1 Å². The van der Waals surface area contributed by atoms with Gasteiger partial charge < -0.3 is 15.4 Å². The second-order valence-electron chi connectivity index (χ2n) is 5.23. The van der Waals surface area contributed by atoms with Gasteiger partial charge in [-0.2, -0.15) is 0 Å². The maximum atomic E-state index is 11.9. The molecule has 0 heterocycles. The topological polar surface area (TPSA) is 84.5 Å². The van der Waals surface area contributed by atoms with Crippen LogP contribution in [0.15, 0.2) is 46.9 Å². The molecule has 25 heavy (non-hydrogen) atoms. The highest BCUT2D eigenvalue weighted by molar-refractivity contribution is 9.10. The first-order valence-electron chi connectivity index (χ1n) is 7.49. The van der Waals surface area contributed by atoms with Gasteiger partial charge in [-0.25, -0.2) is 0 Å². The molecule has 7 heteroatoms. The molecule has 0 aromatic heterocycles. The van der Waals surface area contributed by atoms with E-state index >= 15 is 0 Å². The van der Waals surface area contributed by atoms with E-state index in [0.29, 0.717) is 23.3 Å². The number of para-hydroxylation sites is 1. The molecule has 2 N–H and O–H groups in total. The van der Waals surface area contributed by atoms with Crippen molar-refractivity contribution in [2.24, 2.45) is 0 Å². The largest absolute Gasteiger partial charge is 0.483 e.